The highest BCUT2D eigenvalue weighted by atomic mass is 32.2. The number of rotatable bonds is 4. The van der Waals surface area contributed by atoms with Gasteiger partial charge in [-0.15, -0.1) is 18.3 Å². The number of carbonyl (C=O) groups excluding carboxylic acids is 1. The van der Waals surface area contributed by atoms with Crippen LogP contribution >= 0.6 is 11.8 Å². The first kappa shape index (κ1) is 12.1. The van der Waals surface area contributed by atoms with Gasteiger partial charge in [0.2, 0.25) is 5.91 Å². The minimum absolute atomic E-state index is 0.313. The van der Waals surface area contributed by atoms with E-state index < -0.39 is 18.1 Å². The molecule has 2 atom stereocenters. The van der Waals surface area contributed by atoms with E-state index in [1.165, 1.54) is 16.7 Å². The van der Waals surface area contributed by atoms with E-state index in [0.29, 0.717) is 18.1 Å². The lowest BCUT2D eigenvalue weighted by Crippen LogP contribution is -2.49. The van der Waals surface area contributed by atoms with Crippen molar-refractivity contribution in [1.82, 2.24) is 4.90 Å². The molecule has 2 unspecified atom stereocenters. The van der Waals surface area contributed by atoms with Crippen molar-refractivity contribution in [2.45, 2.75) is 18.5 Å². The van der Waals surface area contributed by atoms with Crippen LogP contribution in [-0.2, 0) is 9.59 Å². The zero-order valence-corrected chi connectivity index (χ0v) is 9.07. The molecule has 0 aromatic rings. The smallest absolute Gasteiger partial charge is 0.327 e. The fourth-order valence-corrected chi connectivity index (χ4v) is 2.51. The number of hydrogen-bond acceptors (Lipinski definition) is 4. The van der Waals surface area contributed by atoms with Crippen LogP contribution in [0.3, 0.4) is 0 Å². The molecule has 0 radical (unpaired) electrons. The number of thioether (sulfide) groups is 1. The van der Waals surface area contributed by atoms with E-state index in [4.69, 9.17) is 10.8 Å². The summed E-state index contributed by atoms with van der Waals surface area (Å²) in [4.78, 5) is 23.9. The van der Waals surface area contributed by atoms with Crippen molar-refractivity contribution in [3.8, 4) is 0 Å². The summed E-state index contributed by atoms with van der Waals surface area (Å²) in [6, 6.07) is -1.42. The molecule has 6 heteroatoms. The third-order valence-corrected chi connectivity index (χ3v) is 3.20. The van der Waals surface area contributed by atoms with Gasteiger partial charge in [-0.05, 0) is 6.42 Å². The molecule has 0 saturated carbocycles. The van der Waals surface area contributed by atoms with Gasteiger partial charge in [-0.25, -0.2) is 4.79 Å². The molecule has 1 aliphatic heterocycles. The maximum atomic E-state index is 11.7. The van der Waals surface area contributed by atoms with E-state index in [1.54, 1.807) is 6.08 Å². The number of carboxylic acids is 1. The SMILES string of the molecule is C=CCC(N)C(=O)N1CSCC1C(=O)O. The summed E-state index contributed by atoms with van der Waals surface area (Å²) < 4.78 is 0. The summed E-state index contributed by atoms with van der Waals surface area (Å²) in [7, 11) is 0. The van der Waals surface area contributed by atoms with Crippen molar-refractivity contribution in [3.05, 3.63) is 12.7 Å². The average molecular weight is 230 g/mol. The van der Waals surface area contributed by atoms with E-state index in [1.807, 2.05) is 0 Å². The summed E-state index contributed by atoms with van der Waals surface area (Å²) in [5.74, 6) is -0.450. The van der Waals surface area contributed by atoms with Crippen LogP contribution in [0.4, 0.5) is 0 Å². The van der Waals surface area contributed by atoms with Crippen LogP contribution in [-0.4, -0.2) is 45.6 Å². The van der Waals surface area contributed by atoms with Gasteiger partial charge in [-0.2, -0.15) is 0 Å². The van der Waals surface area contributed by atoms with E-state index >= 15 is 0 Å². The van der Waals surface area contributed by atoms with Gasteiger partial charge in [-0.1, -0.05) is 6.08 Å². The second kappa shape index (κ2) is 5.18. The third kappa shape index (κ3) is 2.73. The molecule has 3 N–H and O–H groups in total. The van der Waals surface area contributed by atoms with E-state index in [0.717, 1.165) is 0 Å². The quantitative estimate of drug-likeness (QED) is 0.658. The van der Waals surface area contributed by atoms with E-state index in [9.17, 15) is 9.59 Å². The molecule has 5 nitrogen and oxygen atoms in total. The van der Waals surface area contributed by atoms with E-state index in [2.05, 4.69) is 6.58 Å². The summed E-state index contributed by atoms with van der Waals surface area (Å²) in [6.07, 6.45) is 1.92. The molecule has 0 bridgehead atoms. The van der Waals surface area contributed by atoms with Gasteiger partial charge in [-0.3, -0.25) is 4.79 Å². The molecule has 0 spiro atoms. The highest BCUT2D eigenvalue weighted by molar-refractivity contribution is 7.99. The Morgan fingerprint density at radius 2 is 2.40 bits per heavy atom. The lowest BCUT2D eigenvalue weighted by molar-refractivity contribution is -0.148. The van der Waals surface area contributed by atoms with Crippen molar-refractivity contribution in [2.75, 3.05) is 11.6 Å². The fourth-order valence-electron chi connectivity index (χ4n) is 1.36. The Balaban J connectivity index is 2.65. The van der Waals surface area contributed by atoms with E-state index in [-0.39, 0.29) is 5.91 Å². The number of carbonyl (C=O) groups is 2. The summed E-state index contributed by atoms with van der Waals surface area (Å²) in [6.45, 7) is 3.49. The highest BCUT2D eigenvalue weighted by Crippen LogP contribution is 2.21. The lowest BCUT2D eigenvalue weighted by Gasteiger charge is -2.23. The molecule has 1 fully saturated rings. The Morgan fingerprint density at radius 3 is 2.93 bits per heavy atom. The Morgan fingerprint density at radius 1 is 1.73 bits per heavy atom. The first-order chi connectivity index (χ1) is 7.07. The maximum absolute atomic E-state index is 11.7. The molecule has 1 heterocycles. The summed E-state index contributed by atoms with van der Waals surface area (Å²) in [5, 5.41) is 8.88. The normalized spacial score (nSPS) is 22.5. The van der Waals surface area contributed by atoms with Crippen molar-refractivity contribution >= 4 is 23.6 Å². The van der Waals surface area contributed by atoms with Gasteiger partial charge in [0.15, 0.2) is 0 Å². The topological polar surface area (TPSA) is 83.6 Å². The number of nitrogens with zero attached hydrogens (tertiary/aromatic N) is 1. The summed E-state index contributed by atoms with van der Waals surface area (Å²) >= 11 is 1.43. The van der Waals surface area contributed by atoms with Crippen molar-refractivity contribution in [2.24, 2.45) is 5.73 Å². The average Bonchev–Trinajstić information content (AvgIpc) is 2.65. The number of aliphatic carboxylic acids is 1. The van der Waals surface area contributed by atoms with Crippen LogP contribution in [0.25, 0.3) is 0 Å². The largest absolute Gasteiger partial charge is 0.480 e. The Kier molecular flexibility index (Phi) is 4.16. The minimum Gasteiger partial charge on any atom is -0.480 e. The molecule has 0 aliphatic carbocycles. The third-order valence-electron chi connectivity index (χ3n) is 2.19. The maximum Gasteiger partial charge on any atom is 0.327 e. The van der Waals surface area contributed by atoms with Crippen LogP contribution in [0.1, 0.15) is 6.42 Å². The first-order valence-corrected chi connectivity index (χ1v) is 5.71. The highest BCUT2D eigenvalue weighted by Gasteiger charge is 2.36. The van der Waals surface area contributed by atoms with Crippen molar-refractivity contribution < 1.29 is 14.7 Å². The predicted molar refractivity (Wildman–Crippen MR) is 58.4 cm³/mol. The monoisotopic (exact) mass is 230 g/mol. The molecule has 1 rings (SSSR count). The number of carboxylic acid groups (broad SMARTS) is 1. The molecule has 1 amide bonds. The Labute approximate surface area is 92.3 Å². The first-order valence-electron chi connectivity index (χ1n) is 4.55. The zero-order valence-electron chi connectivity index (χ0n) is 8.26. The van der Waals surface area contributed by atoms with Gasteiger partial charge < -0.3 is 15.7 Å². The molecule has 0 aromatic carbocycles. The van der Waals surface area contributed by atoms with Crippen LogP contribution in [0.15, 0.2) is 12.7 Å². The molecular formula is C9H14N2O3S. The van der Waals surface area contributed by atoms with Gasteiger partial charge >= 0.3 is 5.97 Å². The fraction of sp³-hybridized carbons (Fsp3) is 0.556. The Hall–Kier alpha value is -1.01. The molecule has 84 valence electrons. The summed E-state index contributed by atoms with van der Waals surface area (Å²) in [5.41, 5.74) is 5.61. The Bertz CT molecular complexity index is 283. The predicted octanol–water partition coefficient (Wildman–Crippen LogP) is -0.124. The van der Waals surface area contributed by atoms with Crippen molar-refractivity contribution in [3.63, 3.8) is 0 Å². The number of amides is 1. The van der Waals surface area contributed by atoms with Gasteiger partial charge in [0.1, 0.15) is 6.04 Å². The molecule has 0 aromatic heterocycles. The minimum atomic E-state index is -0.973. The van der Waals surface area contributed by atoms with Gasteiger partial charge in [0, 0.05) is 5.75 Å². The van der Waals surface area contributed by atoms with Crippen LogP contribution in [0, 0.1) is 0 Å². The lowest BCUT2D eigenvalue weighted by atomic mass is 10.1. The number of hydrogen-bond donors (Lipinski definition) is 2. The van der Waals surface area contributed by atoms with Gasteiger partial charge in [0.25, 0.3) is 0 Å². The van der Waals surface area contributed by atoms with Gasteiger partial charge in [0.05, 0.1) is 11.9 Å². The van der Waals surface area contributed by atoms with Crippen molar-refractivity contribution in [1.29, 1.82) is 0 Å². The van der Waals surface area contributed by atoms with Crippen LogP contribution in [0.2, 0.25) is 0 Å². The standard InChI is InChI=1S/C9H14N2O3S/c1-2-3-6(10)8(12)11-5-15-4-7(11)9(13)14/h2,6-7H,1,3-5,10H2,(H,13,14). The second-order valence-electron chi connectivity index (χ2n) is 3.29. The number of nitrogens with two attached hydrogens (primary N) is 1. The molecule has 1 saturated heterocycles. The molecule has 15 heavy (non-hydrogen) atoms. The molecular weight excluding hydrogens is 216 g/mol. The second-order valence-corrected chi connectivity index (χ2v) is 4.29. The zero-order chi connectivity index (χ0) is 11.4. The van der Waals surface area contributed by atoms with Crippen LogP contribution < -0.4 is 5.73 Å². The van der Waals surface area contributed by atoms with Crippen LogP contribution in [0.5, 0.6) is 0 Å². The molecule has 1 aliphatic rings.